The van der Waals surface area contributed by atoms with Gasteiger partial charge in [-0.2, -0.15) is 4.79 Å². The first-order valence-corrected chi connectivity index (χ1v) is 17.0. The van der Waals surface area contributed by atoms with E-state index >= 15 is 0 Å². The van der Waals surface area contributed by atoms with Crippen molar-refractivity contribution in [3.8, 4) is 11.5 Å². The first-order chi connectivity index (χ1) is 21.4. The largest absolute Gasteiger partial charge is 0.513 e. The number of ether oxygens (including phenoxy) is 4. The molecule has 5 unspecified atom stereocenters. The molecule has 3 fully saturated rings. The van der Waals surface area contributed by atoms with Crippen molar-refractivity contribution in [3.63, 3.8) is 0 Å². The van der Waals surface area contributed by atoms with Crippen molar-refractivity contribution in [2.45, 2.75) is 82.7 Å². The minimum absolute atomic E-state index is 0.0939. The van der Waals surface area contributed by atoms with Gasteiger partial charge >= 0.3 is 6.09 Å². The van der Waals surface area contributed by atoms with Gasteiger partial charge in [-0.15, -0.1) is 11.8 Å². The maximum Gasteiger partial charge on any atom is 0.513 e. The number of carbonyl (C=O) groups is 3. The molecule has 0 spiro atoms. The zero-order valence-corrected chi connectivity index (χ0v) is 28.1. The zero-order valence-electron chi connectivity index (χ0n) is 26.5. The standard InChI is InChI=1S/C32H43ClN4O7S/c1-6-45-25-15-24(21-7-8-23(42-10-9-41-5)26(33)27(21)35-25)43-20-14-22(29(34)38)37(16-20)30(39)28(32(2,3)4)36-31(40)44-19-12-17-11-18(17)13-19/h7-8,15,17-20,22,28H,6,9-14,16H2,1-5H3,(H2,34,38)(H,36,40)/p+1. The van der Waals surface area contributed by atoms with Crippen LogP contribution in [0.25, 0.3) is 10.9 Å². The third kappa shape index (κ3) is 7.78. The van der Waals surface area contributed by atoms with Crippen molar-refractivity contribution in [3.05, 3.63) is 23.2 Å². The molecule has 13 heteroatoms. The number of hydrogen-bond acceptors (Lipinski definition) is 9. The molecular weight excluding hydrogens is 620 g/mol. The van der Waals surface area contributed by atoms with E-state index in [4.69, 9.17) is 41.3 Å². The van der Waals surface area contributed by atoms with Crippen LogP contribution in [-0.2, 0) is 19.1 Å². The van der Waals surface area contributed by atoms with Gasteiger partial charge in [0.1, 0.15) is 46.4 Å². The van der Waals surface area contributed by atoms with Crippen molar-refractivity contribution >= 4 is 52.2 Å². The summed E-state index contributed by atoms with van der Waals surface area (Å²) >= 11 is 8.28. The van der Waals surface area contributed by atoms with Crippen LogP contribution in [0.3, 0.4) is 0 Å². The molecule has 1 saturated heterocycles. The van der Waals surface area contributed by atoms with E-state index in [0.29, 0.717) is 57.5 Å². The van der Waals surface area contributed by atoms with Crippen LogP contribution in [0.4, 0.5) is 4.79 Å². The van der Waals surface area contributed by atoms with Gasteiger partial charge in [0.25, 0.3) is 5.91 Å². The number of nitrogens with zero attached hydrogens (tertiary/aromatic N) is 2. The van der Waals surface area contributed by atoms with Gasteiger partial charge in [0.2, 0.25) is 5.91 Å². The first-order valence-electron chi connectivity index (χ1n) is 15.6. The second-order valence-corrected chi connectivity index (χ2v) is 14.8. The van der Waals surface area contributed by atoms with Crippen LogP contribution in [0, 0.1) is 17.3 Å². The highest BCUT2D eigenvalue weighted by Crippen LogP contribution is 2.52. The van der Waals surface area contributed by atoms with Crippen LogP contribution < -0.4 is 20.5 Å². The fourth-order valence-electron chi connectivity index (χ4n) is 6.39. The summed E-state index contributed by atoms with van der Waals surface area (Å²) in [6.07, 6.45) is 2.09. The van der Waals surface area contributed by atoms with Gasteiger partial charge in [-0.1, -0.05) is 39.3 Å². The summed E-state index contributed by atoms with van der Waals surface area (Å²) in [4.78, 5) is 45.8. The number of halogens is 1. The number of nitrogens with two attached hydrogens (primary N) is 2. The third-order valence-electron chi connectivity index (χ3n) is 8.81. The number of carbonyl (C=O) groups excluding carboxylic acids is 3. The van der Waals surface area contributed by atoms with E-state index in [1.807, 2.05) is 39.8 Å². The number of methoxy groups -OCH3 is 1. The van der Waals surface area contributed by atoms with Crippen molar-refractivity contribution in [1.29, 1.82) is 0 Å². The summed E-state index contributed by atoms with van der Waals surface area (Å²) in [5.74, 6) is 2.15. The van der Waals surface area contributed by atoms with Gasteiger partial charge in [0, 0.05) is 30.4 Å². The SMILES string of the molecule is CCSc1cc(OC2CC(C(N)=O)N(C(=O)C([NH2+]C(=O)OC3CC4CC4C3)C(C)(C)C)C2)c2ccc(OCCOC)c(Cl)c2n1. The van der Waals surface area contributed by atoms with Crippen LogP contribution in [0.2, 0.25) is 5.02 Å². The van der Waals surface area contributed by atoms with Crippen LogP contribution in [-0.4, -0.2) is 84.7 Å². The molecule has 4 N–H and O–H groups in total. The Morgan fingerprint density at radius 2 is 1.84 bits per heavy atom. The number of fused-ring (bicyclic) bond motifs is 2. The summed E-state index contributed by atoms with van der Waals surface area (Å²) in [6, 6.07) is 3.73. The third-order valence-corrected chi connectivity index (χ3v) is 9.97. The Bertz CT molecular complexity index is 1430. The Morgan fingerprint density at radius 3 is 2.49 bits per heavy atom. The fraction of sp³-hybridized carbons (Fsp3) is 0.625. The van der Waals surface area contributed by atoms with Crippen LogP contribution in [0.5, 0.6) is 11.5 Å². The molecule has 11 nitrogen and oxygen atoms in total. The van der Waals surface area contributed by atoms with Crippen molar-refractivity contribution < 1.29 is 38.6 Å². The molecule has 0 radical (unpaired) electrons. The Kier molecular flexibility index (Phi) is 10.4. The van der Waals surface area contributed by atoms with Crippen LogP contribution >= 0.6 is 23.4 Å². The summed E-state index contributed by atoms with van der Waals surface area (Å²) in [6.45, 7) is 8.56. The number of amides is 3. The number of pyridine rings is 1. The summed E-state index contributed by atoms with van der Waals surface area (Å²) < 4.78 is 23.1. The van der Waals surface area contributed by atoms with Gasteiger partial charge in [-0.05, 0) is 49.0 Å². The van der Waals surface area contributed by atoms with Crippen LogP contribution in [0.1, 0.15) is 53.4 Å². The minimum atomic E-state index is -0.888. The number of hydrogen-bond donors (Lipinski definition) is 2. The number of benzene rings is 1. The average Bonchev–Trinajstić information content (AvgIpc) is 3.36. The Hall–Kier alpha value is -2.80. The van der Waals surface area contributed by atoms with E-state index in [2.05, 4.69) is 0 Å². The molecular formula is C32H44ClN4O7S+. The average molecular weight is 664 g/mol. The molecule has 0 bridgehead atoms. The Balaban J connectivity index is 1.35. The Labute approximate surface area is 273 Å². The maximum absolute atomic E-state index is 14.0. The first kappa shape index (κ1) is 33.6. The zero-order chi connectivity index (χ0) is 32.5. The van der Waals surface area contributed by atoms with E-state index in [-0.39, 0.29) is 25.0 Å². The molecule has 5 atom stereocenters. The quantitative estimate of drug-likeness (QED) is 0.256. The van der Waals surface area contributed by atoms with Crippen LogP contribution in [0.15, 0.2) is 23.2 Å². The number of likely N-dealkylation sites (tertiary alicyclic amines) is 1. The van der Waals surface area contributed by atoms with E-state index in [1.54, 1.807) is 13.2 Å². The predicted octanol–water partition coefficient (Wildman–Crippen LogP) is 3.77. The van der Waals surface area contributed by atoms with Gasteiger partial charge in [-0.25, -0.2) is 10.3 Å². The highest BCUT2D eigenvalue weighted by Gasteiger charge is 2.50. The van der Waals surface area contributed by atoms with Gasteiger partial charge < -0.3 is 29.6 Å². The van der Waals surface area contributed by atoms with E-state index < -0.39 is 35.6 Å². The van der Waals surface area contributed by atoms with Crippen molar-refractivity contribution in [2.75, 3.05) is 32.6 Å². The molecule has 1 aromatic heterocycles. The molecule has 1 aromatic carbocycles. The summed E-state index contributed by atoms with van der Waals surface area (Å²) in [5, 5.41) is 3.12. The van der Waals surface area contributed by atoms with E-state index in [9.17, 15) is 14.4 Å². The van der Waals surface area contributed by atoms with Crippen molar-refractivity contribution in [1.82, 2.24) is 9.88 Å². The number of aromatic nitrogens is 1. The highest BCUT2D eigenvalue weighted by atomic mass is 35.5. The van der Waals surface area contributed by atoms with Gasteiger partial charge in [-0.3, -0.25) is 9.59 Å². The molecule has 2 heterocycles. The molecule has 2 aliphatic carbocycles. The molecule has 45 heavy (non-hydrogen) atoms. The maximum atomic E-state index is 14.0. The normalized spacial score (nSPS) is 24.8. The van der Waals surface area contributed by atoms with Gasteiger partial charge in [0.05, 0.1) is 18.7 Å². The number of quaternary nitrogens is 1. The molecule has 1 aliphatic heterocycles. The van der Waals surface area contributed by atoms with Gasteiger partial charge in [0.15, 0.2) is 6.04 Å². The fourth-order valence-corrected chi connectivity index (χ4v) is 7.30. The second kappa shape index (κ2) is 13.9. The molecule has 2 aromatic rings. The molecule has 246 valence electrons. The molecule has 5 rings (SSSR count). The van der Waals surface area contributed by atoms with E-state index in [0.717, 1.165) is 18.6 Å². The lowest BCUT2D eigenvalue weighted by Gasteiger charge is -2.31. The lowest BCUT2D eigenvalue weighted by molar-refractivity contribution is -0.610. The predicted molar refractivity (Wildman–Crippen MR) is 171 cm³/mol. The minimum Gasteiger partial charge on any atom is -0.490 e. The smallest absolute Gasteiger partial charge is 0.490 e. The lowest BCUT2D eigenvalue weighted by Crippen LogP contribution is -2.98. The molecule has 3 amide bonds. The Morgan fingerprint density at radius 1 is 1.11 bits per heavy atom. The summed E-state index contributed by atoms with van der Waals surface area (Å²) in [5.41, 5.74) is 5.73. The highest BCUT2D eigenvalue weighted by molar-refractivity contribution is 7.99. The number of rotatable bonds is 12. The topological polar surface area (TPSA) is 147 Å². The van der Waals surface area contributed by atoms with Crippen molar-refractivity contribution in [2.24, 2.45) is 23.0 Å². The lowest BCUT2D eigenvalue weighted by atomic mass is 9.85. The second-order valence-electron chi connectivity index (χ2n) is 13.2. The summed E-state index contributed by atoms with van der Waals surface area (Å²) in [7, 11) is 1.60. The molecule has 2 saturated carbocycles. The monoisotopic (exact) mass is 663 g/mol. The van der Waals surface area contributed by atoms with E-state index in [1.165, 1.54) is 28.4 Å². The number of thioether (sulfide) groups is 1. The molecule has 3 aliphatic rings. The number of primary amides is 2.